The lowest BCUT2D eigenvalue weighted by atomic mass is 10.2. The number of halogens is 1. The average molecular weight is 243 g/mol. The number of aromatic nitrogens is 2. The van der Waals surface area contributed by atoms with E-state index in [-0.39, 0.29) is 0 Å². The Morgan fingerprint density at radius 2 is 2.50 bits per heavy atom. The summed E-state index contributed by atoms with van der Waals surface area (Å²) in [4.78, 5) is 20.8. The van der Waals surface area contributed by atoms with Crippen molar-refractivity contribution in [2.45, 2.75) is 6.04 Å². The van der Waals surface area contributed by atoms with Crippen molar-refractivity contribution in [1.82, 2.24) is 15.3 Å². The number of piperazine rings is 1. The van der Waals surface area contributed by atoms with Crippen LogP contribution >= 0.6 is 11.6 Å². The summed E-state index contributed by atoms with van der Waals surface area (Å²) < 4.78 is 0. The Morgan fingerprint density at radius 3 is 3.19 bits per heavy atom. The van der Waals surface area contributed by atoms with Gasteiger partial charge in [0.2, 0.25) is 5.95 Å². The standard InChI is InChI=1S/C9H11ClN4O2/c10-7-1-2-12-9(13-7)14-4-3-11-6(5-14)8(15)16/h1-2,6,11H,3-5H2,(H,15,16)/t6-/m0/s1. The molecule has 0 amide bonds. The Balaban J connectivity index is 2.12. The van der Waals surface area contributed by atoms with Crippen LogP contribution in [0.2, 0.25) is 5.15 Å². The van der Waals surface area contributed by atoms with Crippen LogP contribution in [0.1, 0.15) is 0 Å². The van der Waals surface area contributed by atoms with Crippen LogP contribution in [0.3, 0.4) is 0 Å². The molecule has 0 unspecified atom stereocenters. The second-order valence-corrected chi connectivity index (χ2v) is 3.86. The lowest BCUT2D eigenvalue weighted by Gasteiger charge is -2.31. The summed E-state index contributed by atoms with van der Waals surface area (Å²) in [7, 11) is 0. The first kappa shape index (κ1) is 11.1. The molecule has 2 heterocycles. The van der Waals surface area contributed by atoms with E-state index in [4.69, 9.17) is 16.7 Å². The van der Waals surface area contributed by atoms with E-state index < -0.39 is 12.0 Å². The number of rotatable bonds is 2. The van der Waals surface area contributed by atoms with Crippen LogP contribution in [-0.4, -0.2) is 46.7 Å². The van der Waals surface area contributed by atoms with E-state index in [2.05, 4.69) is 15.3 Å². The molecule has 0 saturated carbocycles. The molecule has 16 heavy (non-hydrogen) atoms. The Labute approximate surface area is 97.3 Å². The molecule has 0 spiro atoms. The molecular formula is C9H11ClN4O2. The molecule has 0 aliphatic carbocycles. The van der Waals surface area contributed by atoms with Gasteiger partial charge in [-0.15, -0.1) is 0 Å². The number of carbonyl (C=O) groups is 1. The molecule has 1 saturated heterocycles. The fourth-order valence-corrected chi connectivity index (χ4v) is 1.71. The summed E-state index contributed by atoms with van der Waals surface area (Å²) in [5.74, 6) is -0.396. The molecule has 1 aromatic rings. The maximum atomic E-state index is 10.8. The minimum Gasteiger partial charge on any atom is -0.480 e. The van der Waals surface area contributed by atoms with Crippen molar-refractivity contribution >= 4 is 23.5 Å². The smallest absolute Gasteiger partial charge is 0.322 e. The highest BCUT2D eigenvalue weighted by molar-refractivity contribution is 6.29. The van der Waals surface area contributed by atoms with Gasteiger partial charge in [-0.2, -0.15) is 0 Å². The van der Waals surface area contributed by atoms with Gasteiger partial charge in [0, 0.05) is 25.8 Å². The maximum absolute atomic E-state index is 10.8. The second-order valence-electron chi connectivity index (χ2n) is 3.47. The number of aliphatic carboxylic acids is 1. The van der Waals surface area contributed by atoms with Crippen LogP contribution in [0.5, 0.6) is 0 Å². The molecule has 0 bridgehead atoms. The molecule has 1 aliphatic heterocycles. The number of hydrogen-bond donors (Lipinski definition) is 2. The molecule has 2 N–H and O–H groups in total. The van der Waals surface area contributed by atoms with Crippen LogP contribution in [-0.2, 0) is 4.79 Å². The van der Waals surface area contributed by atoms with Gasteiger partial charge in [0.1, 0.15) is 11.2 Å². The number of anilines is 1. The minimum absolute atomic E-state index is 0.343. The summed E-state index contributed by atoms with van der Waals surface area (Å²) in [6, 6.07) is 0.999. The fraction of sp³-hybridized carbons (Fsp3) is 0.444. The zero-order chi connectivity index (χ0) is 11.5. The van der Waals surface area contributed by atoms with Crippen LogP contribution in [0.4, 0.5) is 5.95 Å². The predicted molar refractivity (Wildman–Crippen MR) is 58.7 cm³/mol. The molecule has 6 nitrogen and oxygen atoms in total. The number of nitrogens with zero attached hydrogens (tertiary/aromatic N) is 3. The molecule has 1 aliphatic rings. The Kier molecular flexibility index (Phi) is 3.21. The van der Waals surface area contributed by atoms with Crippen LogP contribution < -0.4 is 10.2 Å². The van der Waals surface area contributed by atoms with E-state index in [1.807, 2.05) is 0 Å². The van der Waals surface area contributed by atoms with E-state index in [0.29, 0.717) is 30.7 Å². The Bertz CT molecular complexity index is 401. The highest BCUT2D eigenvalue weighted by Gasteiger charge is 2.26. The highest BCUT2D eigenvalue weighted by Crippen LogP contribution is 2.12. The average Bonchev–Trinajstić information content (AvgIpc) is 2.29. The summed E-state index contributed by atoms with van der Waals surface area (Å²) >= 11 is 5.75. The van der Waals surface area contributed by atoms with Gasteiger partial charge in [0.15, 0.2) is 0 Å². The molecule has 1 aromatic heterocycles. The van der Waals surface area contributed by atoms with Crippen LogP contribution in [0.15, 0.2) is 12.3 Å². The minimum atomic E-state index is -0.869. The predicted octanol–water partition coefficient (Wildman–Crippen LogP) is -0.00720. The molecule has 86 valence electrons. The van der Waals surface area contributed by atoms with Crippen molar-refractivity contribution in [2.75, 3.05) is 24.5 Å². The normalized spacial score (nSPS) is 20.8. The van der Waals surface area contributed by atoms with Crippen LogP contribution in [0, 0.1) is 0 Å². The van der Waals surface area contributed by atoms with E-state index in [9.17, 15) is 4.79 Å². The number of nitrogens with one attached hydrogen (secondary N) is 1. The second kappa shape index (κ2) is 4.63. The first-order valence-corrected chi connectivity index (χ1v) is 5.24. The SMILES string of the molecule is O=C(O)[C@@H]1CN(c2nccc(Cl)n2)CCN1. The monoisotopic (exact) mass is 242 g/mol. The van der Waals surface area contributed by atoms with E-state index >= 15 is 0 Å². The first-order valence-electron chi connectivity index (χ1n) is 4.86. The molecule has 0 aromatic carbocycles. The van der Waals surface area contributed by atoms with Gasteiger partial charge in [-0.3, -0.25) is 4.79 Å². The van der Waals surface area contributed by atoms with Crippen molar-refractivity contribution in [2.24, 2.45) is 0 Å². The number of carboxylic acid groups (broad SMARTS) is 1. The molecular weight excluding hydrogens is 232 g/mol. The Hall–Kier alpha value is -1.40. The summed E-state index contributed by atoms with van der Waals surface area (Å²) in [6.07, 6.45) is 1.56. The molecule has 2 rings (SSSR count). The van der Waals surface area contributed by atoms with E-state index in [1.165, 1.54) is 0 Å². The van der Waals surface area contributed by atoms with Gasteiger partial charge in [0.05, 0.1) is 0 Å². The topological polar surface area (TPSA) is 78.3 Å². The van der Waals surface area contributed by atoms with E-state index in [0.717, 1.165) is 0 Å². The molecule has 1 fully saturated rings. The van der Waals surface area contributed by atoms with Gasteiger partial charge >= 0.3 is 5.97 Å². The quantitative estimate of drug-likeness (QED) is 0.711. The van der Waals surface area contributed by atoms with Gasteiger partial charge < -0.3 is 15.3 Å². The summed E-state index contributed by atoms with van der Waals surface area (Å²) in [5.41, 5.74) is 0. The summed E-state index contributed by atoms with van der Waals surface area (Å²) in [5, 5.41) is 12.2. The zero-order valence-corrected chi connectivity index (χ0v) is 9.18. The third-order valence-corrected chi connectivity index (χ3v) is 2.58. The van der Waals surface area contributed by atoms with Crippen molar-refractivity contribution in [3.63, 3.8) is 0 Å². The van der Waals surface area contributed by atoms with Gasteiger partial charge in [-0.1, -0.05) is 11.6 Å². The number of carboxylic acids is 1. The highest BCUT2D eigenvalue weighted by atomic mass is 35.5. The largest absolute Gasteiger partial charge is 0.480 e. The fourth-order valence-electron chi connectivity index (χ4n) is 1.58. The Morgan fingerprint density at radius 1 is 1.69 bits per heavy atom. The zero-order valence-electron chi connectivity index (χ0n) is 8.43. The third kappa shape index (κ3) is 2.40. The lowest BCUT2D eigenvalue weighted by molar-refractivity contribution is -0.139. The van der Waals surface area contributed by atoms with Crippen molar-refractivity contribution in [3.05, 3.63) is 17.4 Å². The number of hydrogen-bond acceptors (Lipinski definition) is 5. The van der Waals surface area contributed by atoms with Gasteiger partial charge in [-0.25, -0.2) is 9.97 Å². The molecule has 1 atom stereocenters. The van der Waals surface area contributed by atoms with Crippen molar-refractivity contribution in [3.8, 4) is 0 Å². The van der Waals surface area contributed by atoms with Gasteiger partial charge in [0.25, 0.3) is 0 Å². The first-order chi connectivity index (χ1) is 7.66. The lowest BCUT2D eigenvalue weighted by Crippen LogP contribution is -2.54. The van der Waals surface area contributed by atoms with Gasteiger partial charge in [-0.05, 0) is 6.07 Å². The summed E-state index contributed by atoms with van der Waals surface area (Å²) in [6.45, 7) is 1.60. The van der Waals surface area contributed by atoms with E-state index in [1.54, 1.807) is 17.2 Å². The van der Waals surface area contributed by atoms with Crippen molar-refractivity contribution in [1.29, 1.82) is 0 Å². The molecule has 0 radical (unpaired) electrons. The van der Waals surface area contributed by atoms with Crippen molar-refractivity contribution < 1.29 is 9.90 Å². The molecule has 7 heteroatoms. The maximum Gasteiger partial charge on any atom is 0.322 e. The van der Waals surface area contributed by atoms with Crippen LogP contribution in [0.25, 0.3) is 0 Å². The third-order valence-electron chi connectivity index (χ3n) is 2.37.